The first-order valence-corrected chi connectivity index (χ1v) is 9.57. The number of carbonyl (C=O) groups is 1. The molecule has 4 aromatic rings. The number of nitrogens with zero attached hydrogens (tertiary/aromatic N) is 2. The normalized spacial score (nSPS) is 10.4. The highest BCUT2D eigenvalue weighted by atomic mass is 16.1. The third-order valence-corrected chi connectivity index (χ3v) is 4.45. The minimum absolute atomic E-state index is 0.0971. The Kier molecular flexibility index (Phi) is 5.89. The van der Waals surface area contributed by atoms with E-state index in [0.29, 0.717) is 16.8 Å². The summed E-state index contributed by atoms with van der Waals surface area (Å²) in [6, 6.07) is 33.8. The van der Waals surface area contributed by atoms with Gasteiger partial charge >= 0.3 is 0 Å². The van der Waals surface area contributed by atoms with Gasteiger partial charge in [-0.1, -0.05) is 60.4 Å². The van der Waals surface area contributed by atoms with Gasteiger partial charge in [0.1, 0.15) is 0 Å². The molecule has 0 aliphatic rings. The van der Waals surface area contributed by atoms with E-state index in [0.717, 1.165) is 16.8 Å². The molecule has 3 heteroatoms. The summed E-state index contributed by atoms with van der Waals surface area (Å²) in [4.78, 5) is 13.0. The molecule has 0 aliphatic heterocycles. The Labute approximate surface area is 175 Å². The maximum atomic E-state index is 13.0. The molecule has 0 aliphatic carbocycles. The molecule has 3 nitrogen and oxygen atoms in total. The van der Waals surface area contributed by atoms with Crippen molar-refractivity contribution in [2.75, 3.05) is 0 Å². The van der Waals surface area contributed by atoms with Gasteiger partial charge in [-0.05, 0) is 60.7 Å². The van der Waals surface area contributed by atoms with Crippen LogP contribution in [-0.2, 0) is 0 Å². The SMILES string of the molecule is O=C(c1ccc(C#Cc2ccccc2)cc1)c1ccccc1N=Nc1ccccc1. The fourth-order valence-electron chi connectivity index (χ4n) is 2.89. The second-order valence-electron chi connectivity index (χ2n) is 6.58. The lowest BCUT2D eigenvalue weighted by Crippen LogP contribution is -2.01. The van der Waals surface area contributed by atoms with Gasteiger partial charge in [0.2, 0.25) is 0 Å². The average Bonchev–Trinajstić information content (AvgIpc) is 2.83. The molecule has 4 aromatic carbocycles. The summed E-state index contributed by atoms with van der Waals surface area (Å²) in [5, 5.41) is 8.52. The van der Waals surface area contributed by atoms with Gasteiger partial charge in [-0.15, -0.1) is 5.11 Å². The molecule has 0 saturated heterocycles. The molecule has 0 unspecified atom stereocenters. The van der Waals surface area contributed by atoms with Crippen molar-refractivity contribution >= 4 is 17.2 Å². The molecule has 0 spiro atoms. The standard InChI is InChI=1S/C27H18N2O/c30-27(23-19-17-22(18-20-23)16-15-21-9-3-1-4-10-21)25-13-7-8-14-26(25)29-28-24-11-5-2-6-12-24/h1-14,17-20H. The van der Waals surface area contributed by atoms with E-state index in [1.807, 2.05) is 84.9 Å². The summed E-state index contributed by atoms with van der Waals surface area (Å²) < 4.78 is 0. The van der Waals surface area contributed by atoms with E-state index >= 15 is 0 Å². The number of hydrogen-bond acceptors (Lipinski definition) is 3. The summed E-state index contributed by atoms with van der Waals surface area (Å²) in [5.41, 5.74) is 4.19. The van der Waals surface area contributed by atoms with Gasteiger partial charge in [0, 0.05) is 16.7 Å². The zero-order valence-corrected chi connectivity index (χ0v) is 16.2. The molecular weight excluding hydrogens is 368 g/mol. The topological polar surface area (TPSA) is 41.8 Å². The molecule has 0 radical (unpaired) electrons. The summed E-state index contributed by atoms with van der Waals surface area (Å²) in [7, 11) is 0. The first-order chi connectivity index (χ1) is 14.8. The van der Waals surface area contributed by atoms with Crippen LogP contribution in [0.15, 0.2) is 119 Å². The van der Waals surface area contributed by atoms with Gasteiger partial charge < -0.3 is 0 Å². The highest BCUT2D eigenvalue weighted by molar-refractivity contribution is 6.11. The van der Waals surface area contributed by atoms with Crippen LogP contribution >= 0.6 is 0 Å². The highest BCUT2D eigenvalue weighted by Crippen LogP contribution is 2.24. The lowest BCUT2D eigenvalue weighted by molar-refractivity contribution is 0.103. The van der Waals surface area contributed by atoms with Crippen LogP contribution in [0.2, 0.25) is 0 Å². The van der Waals surface area contributed by atoms with Gasteiger partial charge in [0.05, 0.1) is 16.9 Å². The van der Waals surface area contributed by atoms with Crippen molar-refractivity contribution < 1.29 is 4.79 Å². The van der Waals surface area contributed by atoms with Crippen molar-refractivity contribution in [2.24, 2.45) is 10.2 Å². The molecule has 0 saturated carbocycles. The molecule has 0 bridgehead atoms. The first kappa shape index (κ1) is 19.0. The van der Waals surface area contributed by atoms with E-state index in [4.69, 9.17) is 0 Å². The minimum Gasteiger partial charge on any atom is -0.289 e. The Bertz CT molecular complexity index is 1230. The van der Waals surface area contributed by atoms with E-state index in [2.05, 4.69) is 22.1 Å². The smallest absolute Gasteiger partial charge is 0.195 e. The third-order valence-electron chi connectivity index (χ3n) is 4.45. The largest absolute Gasteiger partial charge is 0.289 e. The molecule has 0 atom stereocenters. The van der Waals surface area contributed by atoms with Crippen LogP contribution < -0.4 is 0 Å². The van der Waals surface area contributed by atoms with E-state index < -0.39 is 0 Å². The van der Waals surface area contributed by atoms with E-state index in [-0.39, 0.29) is 5.78 Å². The van der Waals surface area contributed by atoms with Crippen LogP contribution in [0.3, 0.4) is 0 Å². The van der Waals surface area contributed by atoms with Gasteiger partial charge in [-0.2, -0.15) is 5.11 Å². The van der Waals surface area contributed by atoms with Crippen molar-refractivity contribution in [1.82, 2.24) is 0 Å². The zero-order valence-electron chi connectivity index (χ0n) is 16.2. The Balaban J connectivity index is 1.55. The number of hydrogen-bond donors (Lipinski definition) is 0. The van der Waals surface area contributed by atoms with Crippen molar-refractivity contribution in [3.05, 3.63) is 131 Å². The molecule has 142 valence electrons. The van der Waals surface area contributed by atoms with Crippen molar-refractivity contribution in [2.45, 2.75) is 0 Å². The number of rotatable bonds is 4. The number of ketones is 1. The molecule has 0 heterocycles. The number of azo groups is 1. The summed E-state index contributed by atoms with van der Waals surface area (Å²) in [5.74, 6) is 6.15. The van der Waals surface area contributed by atoms with Crippen LogP contribution in [0, 0.1) is 11.8 Å². The maximum absolute atomic E-state index is 13.0. The lowest BCUT2D eigenvalue weighted by Gasteiger charge is -2.04. The predicted octanol–water partition coefficient (Wildman–Crippen LogP) is 6.73. The Morgan fingerprint density at radius 1 is 0.567 bits per heavy atom. The number of carbonyl (C=O) groups excluding carboxylic acids is 1. The molecule has 0 aromatic heterocycles. The summed E-state index contributed by atoms with van der Waals surface area (Å²) in [6.45, 7) is 0. The van der Waals surface area contributed by atoms with Crippen LogP contribution in [0.1, 0.15) is 27.0 Å². The van der Waals surface area contributed by atoms with Crippen molar-refractivity contribution in [3.63, 3.8) is 0 Å². The summed E-state index contributed by atoms with van der Waals surface area (Å²) >= 11 is 0. The van der Waals surface area contributed by atoms with Crippen molar-refractivity contribution in [3.8, 4) is 11.8 Å². The Morgan fingerprint density at radius 2 is 1.13 bits per heavy atom. The second-order valence-corrected chi connectivity index (χ2v) is 6.58. The van der Waals surface area contributed by atoms with Gasteiger partial charge in [0.15, 0.2) is 5.78 Å². The maximum Gasteiger partial charge on any atom is 0.195 e. The van der Waals surface area contributed by atoms with Crippen LogP contribution in [0.25, 0.3) is 0 Å². The number of benzene rings is 4. The zero-order chi connectivity index (χ0) is 20.6. The molecule has 30 heavy (non-hydrogen) atoms. The van der Waals surface area contributed by atoms with Crippen LogP contribution in [0.5, 0.6) is 0 Å². The Hall–Kier alpha value is -4.29. The van der Waals surface area contributed by atoms with Crippen molar-refractivity contribution in [1.29, 1.82) is 0 Å². The van der Waals surface area contributed by atoms with E-state index in [9.17, 15) is 4.79 Å². The van der Waals surface area contributed by atoms with Gasteiger partial charge in [-0.25, -0.2) is 0 Å². The highest BCUT2D eigenvalue weighted by Gasteiger charge is 2.13. The quantitative estimate of drug-likeness (QED) is 0.218. The molecule has 0 amide bonds. The lowest BCUT2D eigenvalue weighted by atomic mass is 10.0. The van der Waals surface area contributed by atoms with Crippen LogP contribution in [-0.4, -0.2) is 5.78 Å². The third kappa shape index (κ3) is 4.76. The molecule has 4 rings (SSSR count). The summed E-state index contributed by atoms with van der Waals surface area (Å²) in [6.07, 6.45) is 0. The van der Waals surface area contributed by atoms with E-state index in [1.165, 1.54) is 0 Å². The molecule has 0 fully saturated rings. The molecular formula is C27H18N2O. The second kappa shape index (κ2) is 9.27. The Morgan fingerprint density at radius 3 is 1.83 bits per heavy atom. The van der Waals surface area contributed by atoms with Gasteiger partial charge in [-0.3, -0.25) is 4.79 Å². The van der Waals surface area contributed by atoms with Crippen LogP contribution in [0.4, 0.5) is 11.4 Å². The first-order valence-electron chi connectivity index (χ1n) is 9.57. The van der Waals surface area contributed by atoms with Gasteiger partial charge in [0.25, 0.3) is 0 Å². The predicted molar refractivity (Wildman–Crippen MR) is 119 cm³/mol. The fourth-order valence-corrected chi connectivity index (χ4v) is 2.89. The molecule has 0 N–H and O–H groups in total. The average molecular weight is 386 g/mol. The minimum atomic E-state index is -0.0971. The van der Waals surface area contributed by atoms with E-state index in [1.54, 1.807) is 24.3 Å². The monoisotopic (exact) mass is 386 g/mol. The fraction of sp³-hybridized carbons (Fsp3) is 0.